The second kappa shape index (κ2) is 9.39. The Morgan fingerprint density at radius 3 is 2.57 bits per heavy atom. The number of nitrogens with one attached hydrogen (secondary N) is 1. The normalized spacial score (nSPS) is 14.9. The van der Waals surface area contributed by atoms with Crippen LogP contribution < -0.4 is 10.1 Å². The van der Waals surface area contributed by atoms with Gasteiger partial charge in [0.15, 0.2) is 5.17 Å². The highest BCUT2D eigenvalue weighted by Crippen LogP contribution is 2.37. The summed E-state index contributed by atoms with van der Waals surface area (Å²) in [6.07, 6.45) is 1.71. The molecular formula is C19H13Br3N2O3S. The van der Waals surface area contributed by atoms with Crippen LogP contribution in [0.25, 0.3) is 6.08 Å². The monoisotopic (exact) mass is 586 g/mol. The van der Waals surface area contributed by atoms with E-state index in [4.69, 9.17) is 4.74 Å². The molecule has 2 amide bonds. The lowest BCUT2D eigenvalue weighted by Crippen LogP contribution is -2.23. The van der Waals surface area contributed by atoms with E-state index in [0.717, 1.165) is 30.7 Å². The summed E-state index contributed by atoms with van der Waals surface area (Å²) in [6, 6.07) is 11.6. The number of thioether (sulfide) groups is 1. The largest absolute Gasteiger partial charge is 0.487 e. The highest BCUT2D eigenvalue weighted by atomic mass is 79.9. The smallest absolute Gasteiger partial charge is 0.286 e. The predicted octanol–water partition coefficient (Wildman–Crippen LogP) is 5.66. The molecule has 1 heterocycles. The number of amides is 2. The Hall–Kier alpha value is -1.42. The fourth-order valence-electron chi connectivity index (χ4n) is 2.33. The summed E-state index contributed by atoms with van der Waals surface area (Å²) in [7, 11) is 0. The first-order valence-corrected chi connectivity index (χ1v) is 11.2. The maximum absolute atomic E-state index is 12.2. The van der Waals surface area contributed by atoms with Gasteiger partial charge in [-0.2, -0.15) is 4.99 Å². The van der Waals surface area contributed by atoms with Gasteiger partial charge in [0.2, 0.25) is 5.91 Å². The average Bonchev–Trinajstić information content (AvgIpc) is 2.94. The van der Waals surface area contributed by atoms with Crippen molar-refractivity contribution in [3.8, 4) is 5.75 Å². The third-order valence-corrected chi connectivity index (χ3v) is 6.00. The zero-order valence-electron chi connectivity index (χ0n) is 14.5. The van der Waals surface area contributed by atoms with Crippen LogP contribution >= 0.6 is 59.6 Å². The number of benzene rings is 2. The number of aliphatic imine (C=N–C) groups is 1. The van der Waals surface area contributed by atoms with E-state index in [1.54, 1.807) is 6.08 Å². The molecular weight excluding hydrogens is 576 g/mol. The van der Waals surface area contributed by atoms with Crippen LogP contribution in [0.15, 0.2) is 59.7 Å². The molecule has 9 heteroatoms. The summed E-state index contributed by atoms with van der Waals surface area (Å²) in [6.45, 7) is 1.74. The van der Waals surface area contributed by atoms with Crippen molar-refractivity contribution in [1.82, 2.24) is 5.32 Å². The van der Waals surface area contributed by atoms with Gasteiger partial charge >= 0.3 is 0 Å². The molecule has 1 aliphatic rings. The molecule has 144 valence electrons. The topological polar surface area (TPSA) is 67.8 Å². The van der Waals surface area contributed by atoms with Gasteiger partial charge in [-0.25, -0.2) is 0 Å². The van der Waals surface area contributed by atoms with Crippen molar-refractivity contribution in [2.24, 2.45) is 4.99 Å². The molecule has 0 radical (unpaired) electrons. The van der Waals surface area contributed by atoms with Crippen molar-refractivity contribution in [2.75, 3.05) is 0 Å². The maximum atomic E-state index is 12.2. The molecule has 0 spiro atoms. The van der Waals surface area contributed by atoms with Crippen molar-refractivity contribution in [3.05, 3.63) is 65.8 Å². The number of hydrogen-bond donors (Lipinski definition) is 1. The van der Waals surface area contributed by atoms with Gasteiger partial charge in [-0.1, -0.05) is 44.0 Å². The van der Waals surface area contributed by atoms with Crippen molar-refractivity contribution in [1.29, 1.82) is 0 Å². The van der Waals surface area contributed by atoms with Gasteiger partial charge in [0, 0.05) is 21.4 Å². The van der Waals surface area contributed by atoms with Gasteiger partial charge in [0.25, 0.3) is 5.91 Å². The summed E-state index contributed by atoms with van der Waals surface area (Å²) in [5.74, 6) is -0.0623. The van der Waals surface area contributed by atoms with Gasteiger partial charge in [-0.05, 0) is 63.6 Å². The van der Waals surface area contributed by atoms with Crippen LogP contribution in [0.3, 0.4) is 0 Å². The summed E-state index contributed by atoms with van der Waals surface area (Å²) in [5.41, 5.74) is 1.73. The molecule has 5 nitrogen and oxygen atoms in total. The van der Waals surface area contributed by atoms with Crippen LogP contribution in [0, 0.1) is 0 Å². The number of amidine groups is 1. The molecule has 0 saturated carbocycles. The molecule has 3 rings (SSSR count). The second-order valence-electron chi connectivity index (χ2n) is 5.74. The molecule has 1 aliphatic heterocycles. The van der Waals surface area contributed by atoms with E-state index in [9.17, 15) is 9.59 Å². The molecule has 0 aliphatic carbocycles. The fourth-order valence-corrected chi connectivity index (χ4v) is 4.82. The molecule has 0 atom stereocenters. The molecule has 0 fully saturated rings. The van der Waals surface area contributed by atoms with Gasteiger partial charge in [0.1, 0.15) is 12.4 Å². The molecule has 2 aromatic carbocycles. The molecule has 0 saturated heterocycles. The summed E-state index contributed by atoms with van der Waals surface area (Å²) >= 11 is 11.5. The van der Waals surface area contributed by atoms with Gasteiger partial charge < -0.3 is 10.1 Å². The highest BCUT2D eigenvalue weighted by molar-refractivity contribution is 9.11. The first-order valence-electron chi connectivity index (χ1n) is 7.98. The Labute approximate surface area is 191 Å². The molecule has 0 aromatic heterocycles. The number of carbonyl (C=O) groups excluding carboxylic acids is 2. The van der Waals surface area contributed by atoms with E-state index in [1.807, 2.05) is 36.4 Å². The molecule has 28 heavy (non-hydrogen) atoms. The number of ether oxygens (including phenoxy) is 1. The van der Waals surface area contributed by atoms with Crippen molar-refractivity contribution in [3.63, 3.8) is 0 Å². The van der Waals surface area contributed by atoms with Crippen molar-refractivity contribution < 1.29 is 14.3 Å². The zero-order chi connectivity index (χ0) is 20.3. The summed E-state index contributed by atoms with van der Waals surface area (Å²) < 4.78 is 8.62. The quantitative estimate of drug-likeness (QED) is 0.468. The molecule has 1 N–H and O–H groups in total. The number of rotatable bonds is 4. The third kappa shape index (κ3) is 5.56. The highest BCUT2D eigenvalue weighted by Gasteiger charge is 2.23. The summed E-state index contributed by atoms with van der Waals surface area (Å²) in [4.78, 5) is 27.6. The second-order valence-corrected chi connectivity index (χ2v) is 9.45. The van der Waals surface area contributed by atoms with Crippen LogP contribution in [0.5, 0.6) is 5.75 Å². The van der Waals surface area contributed by atoms with E-state index in [2.05, 4.69) is 58.1 Å². The SMILES string of the molecule is CC(=O)NC1=NC(=O)/C(=C\c2cc(Br)cc(Br)c2OCc2ccc(Br)cc2)S1. The first kappa shape index (κ1) is 21.3. The van der Waals surface area contributed by atoms with Crippen LogP contribution in [0.4, 0.5) is 0 Å². The number of carbonyl (C=O) groups is 2. The van der Waals surface area contributed by atoms with Crippen molar-refractivity contribution >= 4 is 82.6 Å². The van der Waals surface area contributed by atoms with Crippen LogP contribution in [0.1, 0.15) is 18.1 Å². The third-order valence-electron chi connectivity index (χ3n) is 3.52. The standard InChI is InChI=1S/C19H13Br3N2O3S/c1-10(25)23-19-24-18(26)16(28-19)7-12-6-14(21)8-15(22)17(12)27-9-11-2-4-13(20)5-3-11/h2-8H,9H2,1H3,(H,23,24,25,26)/b16-7+. The number of hydrogen-bond acceptors (Lipinski definition) is 4. The van der Waals surface area contributed by atoms with E-state index >= 15 is 0 Å². The first-order chi connectivity index (χ1) is 13.3. The van der Waals surface area contributed by atoms with Crippen LogP contribution in [-0.2, 0) is 16.2 Å². The Balaban J connectivity index is 1.86. The van der Waals surface area contributed by atoms with E-state index in [1.165, 1.54) is 6.92 Å². The lowest BCUT2D eigenvalue weighted by Gasteiger charge is -2.13. The van der Waals surface area contributed by atoms with Crippen LogP contribution in [0.2, 0.25) is 0 Å². The van der Waals surface area contributed by atoms with E-state index < -0.39 is 5.91 Å². The fraction of sp³-hybridized carbons (Fsp3) is 0.105. The summed E-state index contributed by atoms with van der Waals surface area (Å²) in [5, 5.41) is 2.81. The minimum Gasteiger partial charge on any atom is -0.487 e. The van der Waals surface area contributed by atoms with Gasteiger partial charge in [0.05, 0.1) is 9.38 Å². The average molecular weight is 589 g/mol. The molecule has 0 unspecified atom stereocenters. The predicted molar refractivity (Wildman–Crippen MR) is 122 cm³/mol. The van der Waals surface area contributed by atoms with Crippen molar-refractivity contribution in [2.45, 2.75) is 13.5 Å². The van der Waals surface area contributed by atoms with E-state index in [-0.39, 0.29) is 11.1 Å². The zero-order valence-corrected chi connectivity index (χ0v) is 20.0. The molecule has 2 aromatic rings. The number of halogens is 3. The minimum absolute atomic E-state index is 0.273. The Kier molecular flexibility index (Phi) is 7.14. The lowest BCUT2D eigenvalue weighted by molar-refractivity contribution is -0.117. The Morgan fingerprint density at radius 1 is 1.18 bits per heavy atom. The Morgan fingerprint density at radius 2 is 1.89 bits per heavy atom. The maximum Gasteiger partial charge on any atom is 0.286 e. The number of nitrogens with zero attached hydrogens (tertiary/aromatic N) is 1. The minimum atomic E-state index is -0.399. The van der Waals surface area contributed by atoms with Gasteiger partial charge in [-0.3, -0.25) is 9.59 Å². The van der Waals surface area contributed by atoms with E-state index in [0.29, 0.717) is 22.8 Å². The van der Waals surface area contributed by atoms with Gasteiger partial charge in [-0.15, -0.1) is 0 Å². The Bertz CT molecular complexity index is 1000. The van der Waals surface area contributed by atoms with Crippen LogP contribution in [-0.4, -0.2) is 17.0 Å². The lowest BCUT2D eigenvalue weighted by atomic mass is 10.1. The molecule has 0 bridgehead atoms.